The highest BCUT2D eigenvalue weighted by atomic mass is 16.5. The molecule has 0 aliphatic carbocycles. The van der Waals surface area contributed by atoms with Crippen molar-refractivity contribution in [2.24, 2.45) is 5.41 Å². The average Bonchev–Trinajstić information content (AvgIpc) is 2.75. The average molecular weight is 380 g/mol. The fourth-order valence-electron chi connectivity index (χ4n) is 4.38. The highest BCUT2D eigenvalue weighted by Crippen LogP contribution is 2.37. The summed E-state index contributed by atoms with van der Waals surface area (Å²) in [5.74, 6) is 1.22. The first-order valence-corrected chi connectivity index (χ1v) is 10.1. The van der Waals surface area contributed by atoms with Gasteiger partial charge in [-0.2, -0.15) is 0 Å². The number of amides is 1. The molecule has 2 saturated heterocycles. The zero-order valence-electron chi connectivity index (χ0n) is 16.5. The molecule has 2 aliphatic rings. The van der Waals surface area contributed by atoms with Gasteiger partial charge in [0.1, 0.15) is 5.82 Å². The molecule has 2 aromatic rings. The number of carbonyl (C=O) groups is 1. The van der Waals surface area contributed by atoms with Crippen LogP contribution in [-0.4, -0.2) is 60.2 Å². The van der Waals surface area contributed by atoms with Crippen molar-refractivity contribution < 1.29 is 9.53 Å². The van der Waals surface area contributed by atoms with Crippen LogP contribution in [0.1, 0.15) is 24.1 Å². The molecular formula is C22H28N4O2. The van der Waals surface area contributed by atoms with E-state index in [4.69, 9.17) is 4.74 Å². The highest BCUT2D eigenvalue weighted by molar-refractivity contribution is 5.83. The van der Waals surface area contributed by atoms with Gasteiger partial charge in [-0.1, -0.05) is 30.3 Å². The van der Waals surface area contributed by atoms with Crippen molar-refractivity contribution in [2.75, 3.05) is 44.3 Å². The predicted octanol–water partition coefficient (Wildman–Crippen LogP) is 2.47. The van der Waals surface area contributed by atoms with E-state index >= 15 is 0 Å². The Morgan fingerprint density at radius 3 is 2.39 bits per heavy atom. The number of ether oxygens (including phenoxy) is 1. The summed E-state index contributed by atoms with van der Waals surface area (Å²) in [7, 11) is 0. The monoisotopic (exact) mass is 380 g/mol. The van der Waals surface area contributed by atoms with Crippen LogP contribution in [0, 0.1) is 12.3 Å². The molecular weight excluding hydrogens is 352 g/mol. The van der Waals surface area contributed by atoms with Gasteiger partial charge in [-0.15, -0.1) is 0 Å². The molecule has 0 radical (unpaired) electrons. The van der Waals surface area contributed by atoms with Gasteiger partial charge in [-0.05, 0) is 31.7 Å². The lowest BCUT2D eigenvalue weighted by atomic mass is 9.74. The van der Waals surface area contributed by atoms with E-state index in [1.165, 1.54) is 5.56 Å². The second-order valence-corrected chi connectivity index (χ2v) is 7.80. The summed E-state index contributed by atoms with van der Waals surface area (Å²) in [5, 5.41) is 0. The van der Waals surface area contributed by atoms with Crippen LogP contribution < -0.4 is 4.90 Å². The second-order valence-electron chi connectivity index (χ2n) is 7.80. The van der Waals surface area contributed by atoms with Crippen molar-refractivity contribution in [3.05, 3.63) is 54.0 Å². The Kier molecular flexibility index (Phi) is 5.57. The van der Waals surface area contributed by atoms with Gasteiger partial charge in [0.2, 0.25) is 5.91 Å². The molecule has 2 fully saturated rings. The lowest BCUT2D eigenvalue weighted by Crippen LogP contribution is -2.55. The summed E-state index contributed by atoms with van der Waals surface area (Å²) in [4.78, 5) is 26.7. The topological polar surface area (TPSA) is 58.6 Å². The van der Waals surface area contributed by atoms with E-state index in [0.717, 1.165) is 57.0 Å². The van der Waals surface area contributed by atoms with Gasteiger partial charge < -0.3 is 14.5 Å². The van der Waals surface area contributed by atoms with Crippen molar-refractivity contribution in [1.82, 2.24) is 14.9 Å². The first kappa shape index (κ1) is 18.9. The molecule has 1 amide bonds. The number of hydrogen-bond donors (Lipinski definition) is 0. The fourth-order valence-corrected chi connectivity index (χ4v) is 4.38. The van der Waals surface area contributed by atoms with E-state index in [9.17, 15) is 4.79 Å². The van der Waals surface area contributed by atoms with E-state index in [2.05, 4.69) is 44.0 Å². The summed E-state index contributed by atoms with van der Waals surface area (Å²) in [6.45, 7) is 6.36. The SMILES string of the molecule is Cc1nccnc1N1CCN(C(=O)C2(Cc3ccccc3)CCOCC2)CC1. The Bertz CT molecular complexity index is 797. The van der Waals surface area contributed by atoms with Crippen LogP contribution in [0.5, 0.6) is 0 Å². The van der Waals surface area contributed by atoms with Crippen molar-refractivity contribution in [1.29, 1.82) is 0 Å². The van der Waals surface area contributed by atoms with Crippen molar-refractivity contribution in [2.45, 2.75) is 26.2 Å². The number of nitrogens with zero attached hydrogens (tertiary/aromatic N) is 4. The summed E-state index contributed by atoms with van der Waals surface area (Å²) in [5.41, 5.74) is 1.82. The van der Waals surface area contributed by atoms with Gasteiger partial charge in [0.15, 0.2) is 0 Å². The quantitative estimate of drug-likeness (QED) is 0.816. The van der Waals surface area contributed by atoms with Crippen LogP contribution in [0.15, 0.2) is 42.7 Å². The Morgan fingerprint density at radius 1 is 1.04 bits per heavy atom. The molecule has 3 heterocycles. The predicted molar refractivity (Wildman–Crippen MR) is 108 cm³/mol. The second kappa shape index (κ2) is 8.27. The lowest BCUT2D eigenvalue weighted by Gasteiger charge is -2.43. The summed E-state index contributed by atoms with van der Waals surface area (Å²) in [6.07, 6.45) is 5.84. The number of carbonyl (C=O) groups excluding carboxylic acids is 1. The number of rotatable bonds is 4. The minimum Gasteiger partial charge on any atom is -0.381 e. The Hall–Kier alpha value is -2.47. The lowest BCUT2D eigenvalue weighted by molar-refractivity contribution is -0.148. The minimum absolute atomic E-state index is 0.287. The Balaban J connectivity index is 1.47. The van der Waals surface area contributed by atoms with Crippen molar-refractivity contribution in [3.63, 3.8) is 0 Å². The molecule has 6 nitrogen and oxygen atoms in total. The number of benzene rings is 1. The number of aromatic nitrogens is 2. The molecule has 0 atom stereocenters. The Labute approximate surface area is 166 Å². The molecule has 0 saturated carbocycles. The van der Waals surface area contributed by atoms with Gasteiger partial charge in [0.25, 0.3) is 0 Å². The van der Waals surface area contributed by atoms with Gasteiger partial charge in [-0.25, -0.2) is 4.98 Å². The van der Waals surface area contributed by atoms with Crippen LogP contribution in [-0.2, 0) is 16.0 Å². The number of hydrogen-bond acceptors (Lipinski definition) is 5. The zero-order chi connectivity index (χ0) is 19.4. The molecule has 0 bridgehead atoms. The molecule has 148 valence electrons. The third-order valence-corrected chi connectivity index (χ3v) is 6.01. The Morgan fingerprint density at radius 2 is 1.71 bits per heavy atom. The molecule has 4 rings (SSSR count). The molecule has 6 heteroatoms. The molecule has 2 aliphatic heterocycles. The van der Waals surface area contributed by atoms with Crippen LogP contribution in [0.3, 0.4) is 0 Å². The summed E-state index contributed by atoms with van der Waals surface area (Å²) in [6, 6.07) is 10.4. The number of anilines is 1. The molecule has 0 N–H and O–H groups in total. The maximum absolute atomic E-state index is 13.6. The van der Waals surface area contributed by atoms with E-state index in [1.807, 2.05) is 13.0 Å². The van der Waals surface area contributed by atoms with Crippen LogP contribution in [0.2, 0.25) is 0 Å². The van der Waals surface area contributed by atoms with Crippen molar-refractivity contribution >= 4 is 11.7 Å². The van der Waals surface area contributed by atoms with Gasteiger partial charge in [-0.3, -0.25) is 9.78 Å². The highest BCUT2D eigenvalue weighted by Gasteiger charge is 2.43. The fraction of sp³-hybridized carbons (Fsp3) is 0.500. The molecule has 28 heavy (non-hydrogen) atoms. The van der Waals surface area contributed by atoms with Crippen LogP contribution in [0.4, 0.5) is 5.82 Å². The first-order chi connectivity index (χ1) is 13.7. The third-order valence-electron chi connectivity index (χ3n) is 6.01. The minimum atomic E-state index is -0.343. The van der Waals surface area contributed by atoms with E-state index < -0.39 is 0 Å². The third kappa shape index (κ3) is 3.87. The summed E-state index contributed by atoms with van der Waals surface area (Å²) >= 11 is 0. The van der Waals surface area contributed by atoms with E-state index in [0.29, 0.717) is 13.2 Å². The number of piperazine rings is 1. The van der Waals surface area contributed by atoms with Gasteiger partial charge in [0.05, 0.1) is 11.1 Å². The maximum Gasteiger partial charge on any atom is 0.229 e. The van der Waals surface area contributed by atoms with Crippen LogP contribution >= 0.6 is 0 Å². The standard InChI is InChI=1S/C22H28N4O2/c1-18-20(24-10-9-23-18)25-11-13-26(14-12-25)21(27)22(7-15-28-16-8-22)17-19-5-3-2-4-6-19/h2-6,9-10H,7-8,11-17H2,1H3. The van der Waals surface area contributed by atoms with E-state index in [-0.39, 0.29) is 11.3 Å². The molecule has 1 aromatic carbocycles. The largest absolute Gasteiger partial charge is 0.381 e. The first-order valence-electron chi connectivity index (χ1n) is 10.1. The normalized spacial score (nSPS) is 19.5. The van der Waals surface area contributed by atoms with Crippen molar-refractivity contribution in [3.8, 4) is 0 Å². The summed E-state index contributed by atoms with van der Waals surface area (Å²) < 4.78 is 5.59. The molecule has 1 aromatic heterocycles. The molecule has 0 unspecified atom stereocenters. The molecule has 0 spiro atoms. The van der Waals surface area contributed by atoms with E-state index in [1.54, 1.807) is 12.4 Å². The number of aryl methyl sites for hydroxylation is 1. The smallest absolute Gasteiger partial charge is 0.229 e. The van der Waals surface area contributed by atoms with Crippen LogP contribution in [0.25, 0.3) is 0 Å². The zero-order valence-corrected chi connectivity index (χ0v) is 16.5. The maximum atomic E-state index is 13.6. The van der Waals surface area contributed by atoms with Gasteiger partial charge >= 0.3 is 0 Å². The van der Waals surface area contributed by atoms with Gasteiger partial charge in [0, 0.05) is 51.8 Å².